The van der Waals surface area contributed by atoms with Gasteiger partial charge in [-0.25, -0.2) is 0 Å². The molecular formula is C42H86O4S. The van der Waals surface area contributed by atoms with E-state index in [1.807, 2.05) is 0 Å². The summed E-state index contributed by atoms with van der Waals surface area (Å²) in [6.45, 7) is 6.16. The number of aliphatic hydroxyl groups excluding tert-OH is 3. The second-order valence-electron chi connectivity index (χ2n) is 14.8. The molecule has 47 heavy (non-hydrogen) atoms. The summed E-state index contributed by atoms with van der Waals surface area (Å²) in [5, 5.41) is 24.2. The van der Waals surface area contributed by atoms with Crippen LogP contribution in [0.15, 0.2) is 0 Å². The molecule has 0 aromatic heterocycles. The number of carbonyl (C=O) groups is 1. The van der Waals surface area contributed by atoms with Gasteiger partial charge < -0.3 is 15.3 Å². The van der Waals surface area contributed by atoms with Gasteiger partial charge in [-0.1, -0.05) is 220 Å². The topological polar surface area (TPSA) is 77.8 Å². The summed E-state index contributed by atoms with van der Waals surface area (Å²) in [6, 6.07) is 0. The third-order valence-corrected chi connectivity index (χ3v) is 10.6. The zero-order valence-corrected chi connectivity index (χ0v) is 33.1. The molecule has 0 radical (unpaired) electrons. The Hall–Kier alpha value is -0.100. The molecule has 3 N–H and O–H groups in total. The van der Waals surface area contributed by atoms with Crippen molar-refractivity contribution in [1.29, 1.82) is 0 Å². The summed E-state index contributed by atoms with van der Waals surface area (Å²) in [5.41, 5.74) is -0.150. The molecule has 0 aromatic carbocycles. The second kappa shape index (κ2) is 40.3. The van der Waals surface area contributed by atoms with Gasteiger partial charge in [0.05, 0.1) is 13.2 Å². The fourth-order valence-electron chi connectivity index (χ4n) is 6.78. The summed E-state index contributed by atoms with van der Waals surface area (Å²) in [6.07, 6.45) is 44.7. The van der Waals surface area contributed by atoms with Gasteiger partial charge in [0, 0.05) is 5.41 Å². The van der Waals surface area contributed by atoms with Crippen LogP contribution in [-0.2, 0) is 4.79 Å². The first-order valence-corrected chi connectivity index (χ1v) is 21.5. The Morgan fingerprint density at radius 2 is 0.617 bits per heavy atom. The molecule has 0 fully saturated rings. The lowest BCUT2D eigenvalue weighted by molar-refractivity contribution is -0.121. The molecule has 0 atom stereocenters. The number of rotatable bonds is 37. The first kappa shape index (κ1) is 49.0. The molecule has 4 nitrogen and oxygen atoms in total. The molecule has 0 saturated carbocycles. The second-order valence-corrected chi connectivity index (χ2v) is 15.2. The first-order valence-electron chi connectivity index (χ1n) is 21.1. The molecular weight excluding hydrogens is 601 g/mol. The van der Waals surface area contributed by atoms with E-state index in [-0.39, 0.29) is 23.7 Å². The van der Waals surface area contributed by atoms with Crippen molar-refractivity contribution >= 4 is 17.7 Å². The number of hydrogen-bond acceptors (Lipinski definition) is 4. The fraction of sp³-hybridized carbons (Fsp3) is 0.976. The molecule has 0 saturated heterocycles. The van der Waals surface area contributed by atoms with Crippen LogP contribution in [0.3, 0.4) is 0 Å². The number of unbranched alkanes of at least 4 members (excludes halogenated alkanes) is 28. The molecule has 284 valence electrons. The SMILES string of the molecule is CCCCCCCCCCCCCC(CCCCCCCCCCCC)(CCCCCCCCCCCC)C(=O)S.OCC(O)CO. The van der Waals surface area contributed by atoms with E-state index in [2.05, 4.69) is 33.4 Å². The molecule has 0 amide bonds. The summed E-state index contributed by atoms with van der Waals surface area (Å²) >= 11 is 4.54. The van der Waals surface area contributed by atoms with Crippen LogP contribution in [0.4, 0.5) is 0 Å². The molecule has 0 rings (SSSR count). The van der Waals surface area contributed by atoms with E-state index in [4.69, 9.17) is 15.3 Å². The summed E-state index contributed by atoms with van der Waals surface area (Å²) in [4.78, 5) is 13.0. The van der Waals surface area contributed by atoms with Crippen LogP contribution in [0.5, 0.6) is 0 Å². The van der Waals surface area contributed by atoms with Gasteiger partial charge in [-0.2, -0.15) is 0 Å². The Balaban J connectivity index is 0. The molecule has 0 aliphatic rings. The van der Waals surface area contributed by atoms with Crippen LogP contribution in [0.2, 0.25) is 0 Å². The van der Waals surface area contributed by atoms with Crippen molar-refractivity contribution in [3.05, 3.63) is 0 Å². The van der Waals surface area contributed by atoms with Gasteiger partial charge in [-0.3, -0.25) is 4.79 Å². The van der Waals surface area contributed by atoms with Crippen molar-refractivity contribution in [2.45, 2.75) is 245 Å². The summed E-state index contributed by atoms with van der Waals surface area (Å²) < 4.78 is 0. The van der Waals surface area contributed by atoms with Crippen LogP contribution >= 0.6 is 12.6 Å². The maximum absolute atomic E-state index is 13.0. The fourth-order valence-corrected chi connectivity index (χ4v) is 7.12. The highest BCUT2D eigenvalue weighted by Gasteiger charge is 2.34. The van der Waals surface area contributed by atoms with Crippen LogP contribution in [0.1, 0.15) is 239 Å². The quantitative estimate of drug-likeness (QED) is 0.0387. The van der Waals surface area contributed by atoms with Gasteiger partial charge in [0.1, 0.15) is 6.10 Å². The number of hydrogen-bond donors (Lipinski definition) is 4. The highest BCUT2D eigenvalue weighted by atomic mass is 32.1. The predicted octanol–water partition coefficient (Wildman–Crippen LogP) is 13.1. The van der Waals surface area contributed by atoms with E-state index in [1.165, 1.54) is 199 Å². The lowest BCUT2D eigenvalue weighted by atomic mass is 9.75. The standard InChI is InChI=1S/C39H78OS.C3H8O3/c1-4-7-10-13-16-19-22-25-28-31-34-37-39(38(40)41,35-32-29-26-23-20-17-14-11-8-5-2)36-33-30-27-24-21-18-15-12-9-6-3;4-1-3(6)2-5/h4-37H2,1-3H3,(H,40,41);3-6H,1-2H2. The lowest BCUT2D eigenvalue weighted by Gasteiger charge is -2.31. The minimum atomic E-state index is -0.954. The Bertz CT molecular complexity index is 571. The van der Waals surface area contributed by atoms with Gasteiger partial charge >= 0.3 is 0 Å². The van der Waals surface area contributed by atoms with Gasteiger partial charge in [0.25, 0.3) is 0 Å². The van der Waals surface area contributed by atoms with Crippen molar-refractivity contribution in [1.82, 2.24) is 0 Å². The average molecular weight is 687 g/mol. The molecule has 0 heterocycles. The summed E-state index contributed by atoms with van der Waals surface area (Å²) in [5.74, 6) is 0. The lowest BCUT2D eigenvalue weighted by Crippen LogP contribution is -2.28. The van der Waals surface area contributed by atoms with Crippen LogP contribution in [0.25, 0.3) is 0 Å². The smallest absolute Gasteiger partial charge is 0.192 e. The van der Waals surface area contributed by atoms with E-state index < -0.39 is 6.10 Å². The normalized spacial score (nSPS) is 11.7. The monoisotopic (exact) mass is 687 g/mol. The number of carbonyl (C=O) groups excluding carboxylic acids is 1. The number of aliphatic hydroxyl groups is 3. The van der Waals surface area contributed by atoms with Crippen molar-refractivity contribution in [2.24, 2.45) is 5.41 Å². The number of thiol groups is 1. The van der Waals surface area contributed by atoms with Gasteiger partial charge in [-0.15, -0.1) is 12.6 Å². The van der Waals surface area contributed by atoms with Gasteiger partial charge in [-0.05, 0) is 19.3 Å². The Morgan fingerprint density at radius 3 is 0.766 bits per heavy atom. The molecule has 0 aliphatic heterocycles. The molecule has 0 aromatic rings. The Labute approximate surface area is 300 Å². The molecule has 5 heteroatoms. The van der Waals surface area contributed by atoms with E-state index in [9.17, 15) is 4.79 Å². The van der Waals surface area contributed by atoms with Crippen LogP contribution in [0, 0.1) is 5.41 Å². The van der Waals surface area contributed by atoms with E-state index in [0.29, 0.717) is 0 Å². The van der Waals surface area contributed by atoms with Gasteiger partial charge in [0.2, 0.25) is 0 Å². The van der Waals surface area contributed by atoms with Crippen LogP contribution < -0.4 is 0 Å². The summed E-state index contributed by atoms with van der Waals surface area (Å²) in [7, 11) is 0. The van der Waals surface area contributed by atoms with Crippen molar-refractivity contribution in [3.8, 4) is 0 Å². The third-order valence-electron chi connectivity index (χ3n) is 10.2. The average Bonchev–Trinajstić information content (AvgIpc) is 3.08. The molecule has 0 aliphatic carbocycles. The molecule has 0 unspecified atom stereocenters. The van der Waals surface area contributed by atoms with E-state index in [0.717, 1.165) is 19.3 Å². The van der Waals surface area contributed by atoms with Crippen molar-refractivity contribution < 1.29 is 20.1 Å². The highest BCUT2D eigenvalue weighted by molar-refractivity contribution is 7.96. The minimum absolute atomic E-state index is 0.150. The Morgan fingerprint density at radius 1 is 0.426 bits per heavy atom. The zero-order chi connectivity index (χ0) is 35.1. The van der Waals surface area contributed by atoms with Crippen molar-refractivity contribution in [3.63, 3.8) is 0 Å². The molecule has 0 spiro atoms. The largest absolute Gasteiger partial charge is 0.394 e. The molecule has 0 bridgehead atoms. The zero-order valence-electron chi connectivity index (χ0n) is 32.2. The third kappa shape index (κ3) is 35.5. The Kier molecular flexibility index (Phi) is 42.1. The van der Waals surface area contributed by atoms with Crippen molar-refractivity contribution in [2.75, 3.05) is 13.2 Å². The van der Waals surface area contributed by atoms with Gasteiger partial charge in [0.15, 0.2) is 5.12 Å². The maximum Gasteiger partial charge on any atom is 0.192 e. The first-order chi connectivity index (χ1) is 22.9. The minimum Gasteiger partial charge on any atom is -0.394 e. The predicted molar refractivity (Wildman–Crippen MR) is 211 cm³/mol. The van der Waals surface area contributed by atoms with E-state index >= 15 is 0 Å². The van der Waals surface area contributed by atoms with Crippen LogP contribution in [-0.4, -0.2) is 39.8 Å². The maximum atomic E-state index is 13.0. The van der Waals surface area contributed by atoms with E-state index in [1.54, 1.807) is 0 Å². The highest BCUT2D eigenvalue weighted by Crippen LogP contribution is 2.39.